The van der Waals surface area contributed by atoms with Gasteiger partial charge in [-0.25, -0.2) is 0 Å². The summed E-state index contributed by atoms with van der Waals surface area (Å²) in [6.45, 7) is 6.05. The highest BCUT2D eigenvalue weighted by molar-refractivity contribution is 7.80. The minimum Gasteiger partial charge on any atom is -0.373 e. The van der Waals surface area contributed by atoms with Crippen molar-refractivity contribution in [2.75, 3.05) is 27.8 Å². The lowest BCUT2D eigenvalue weighted by atomic mass is 10.0. The molecule has 0 fully saturated rings. The lowest BCUT2D eigenvalue weighted by molar-refractivity contribution is -0.129. The Morgan fingerprint density at radius 2 is 1.83 bits per heavy atom. The number of likely N-dealkylation sites (N-methyl/N-ethyl adjacent to an activating group) is 1. The average Bonchev–Trinajstić information content (AvgIpc) is 2.29. The van der Waals surface area contributed by atoms with Gasteiger partial charge in [-0.15, -0.1) is 0 Å². The summed E-state index contributed by atoms with van der Waals surface area (Å²) in [5.74, 6) is 0.232. The largest absolute Gasteiger partial charge is 0.373 e. The highest BCUT2D eigenvalue weighted by Gasteiger charge is 2.25. The Kier molecular flexibility index (Phi) is 8.06. The van der Waals surface area contributed by atoms with E-state index in [-0.39, 0.29) is 24.2 Å². The molecule has 0 spiro atoms. The first kappa shape index (κ1) is 17.3. The van der Waals surface area contributed by atoms with E-state index >= 15 is 0 Å². The summed E-state index contributed by atoms with van der Waals surface area (Å²) < 4.78 is 10.1. The fourth-order valence-electron chi connectivity index (χ4n) is 1.67. The molecule has 1 unspecified atom stereocenters. The van der Waals surface area contributed by atoms with E-state index in [0.717, 1.165) is 0 Å². The number of carbonyl (C=O) groups excluding carboxylic acids is 1. The molecule has 6 heteroatoms. The van der Waals surface area contributed by atoms with Gasteiger partial charge >= 0.3 is 0 Å². The summed E-state index contributed by atoms with van der Waals surface area (Å²) in [6.07, 6.45) is -0.349. The van der Waals surface area contributed by atoms with Crippen molar-refractivity contribution in [3.63, 3.8) is 0 Å². The average molecular weight is 276 g/mol. The number of ether oxygens (including phenoxy) is 2. The van der Waals surface area contributed by atoms with Crippen molar-refractivity contribution in [2.45, 2.75) is 33.1 Å². The number of thiocarbonyl (C=S) groups is 1. The smallest absolute Gasteiger partial charge is 0.219 e. The highest BCUT2D eigenvalue weighted by Crippen LogP contribution is 2.11. The van der Waals surface area contributed by atoms with Gasteiger partial charge in [-0.05, 0) is 5.92 Å². The van der Waals surface area contributed by atoms with Gasteiger partial charge in [0.1, 0.15) is 0 Å². The molecule has 0 aliphatic rings. The Labute approximate surface area is 115 Å². The Hall–Kier alpha value is -0.720. The van der Waals surface area contributed by atoms with Crippen molar-refractivity contribution in [2.24, 2.45) is 5.92 Å². The fraction of sp³-hybridized carbons (Fsp3) is 0.833. The van der Waals surface area contributed by atoms with Gasteiger partial charge < -0.3 is 19.7 Å². The fourth-order valence-corrected chi connectivity index (χ4v) is 2.19. The number of carbonyl (C=O) groups is 1. The molecule has 1 atom stereocenters. The predicted octanol–water partition coefficient (Wildman–Crippen LogP) is 1.03. The Bertz CT molecular complexity index is 280. The maximum Gasteiger partial charge on any atom is 0.219 e. The van der Waals surface area contributed by atoms with Crippen molar-refractivity contribution in [1.82, 2.24) is 10.2 Å². The molecule has 0 aliphatic carbocycles. The maximum atomic E-state index is 11.4. The van der Waals surface area contributed by atoms with Crippen LogP contribution in [0.25, 0.3) is 0 Å². The highest BCUT2D eigenvalue weighted by atomic mass is 32.1. The molecule has 5 nitrogen and oxygen atoms in total. The van der Waals surface area contributed by atoms with Crippen LogP contribution in [0.4, 0.5) is 0 Å². The molecule has 0 aromatic heterocycles. The first-order valence-electron chi connectivity index (χ1n) is 5.91. The number of hydrogen-bond acceptors (Lipinski definition) is 4. The summed E-state index contributed by atoms with van der Waals surface area (Å²) in [6, 6.07) is -0.119. The molecule has 0 radical (unpaired) electrons. The van der Waals surface area contributed by atoms with Gasteiger partial charge in [0.05, 0.1) is 17.6 Å². The molecule has 1 N–H and O–H groups in total. The molecular formula is C12H24N2O3S. The zero-order chi connectivity index (χ0) is 14.3. The second-order valence-electron chi connectivity index (χ2n) is 4.46. The lowest BCUT2D eigenvalue weighted by Gasteiger charge is -2.32. The first-order valence-corrected chi connectivity index (χ1v) is 6.32. The van der Waals surface area contributed by atoms with Crippen LogP contribution in [0, 0.1) is 5.92 Å². The van der Waals surface area contributed by atoms with Gasteiger partial charge in [-0.1, -0.05) is 26.1 Å². The van der Waals surface area contributed by atoms with Crippen LogP contribution < -0.4 is 5.32 Å². The van der Waals surface area contributed by atoms with E-state index in [4.69, 9.17) is 21.7 Å². The molecule has 0 saturated heterocycles. The van der Waals surface area contributed by atoms with Crippen LogP contribution in [0.5, 0.6) is 0 Å². The van der Waals surface area contributed by atoms with E-state index in [2.05, 4.69) is 5.32 Å². The van der Waals surface area contributed by atoms with Crippen LogP contribution in [-0.2, 0) is 14.3 Å². The molecule has 1 amide bonds. The molecule has 0 bridgehead atoms. The van der Waals surface area contributed by atoms with Crippen LogP contribution in [0.1, 0.15) is 20.8 Å². The van der Waals surface area contributed by atoms with Crippen molar-refractivity contribution in [1.29, 1.82) is 0 Å². The van der Waals surface area contributed by atoms with Gasteiger partial charge in [0.2, 0.25) is 5.91 Å². The molecule has 0 rings (SSSR count). The Morgan fingerprint density at radius 1 is 1.33 bits per heavy atom. The van der Waals surface area contributed by atoms with Gasteiger partial charge in [0.25, 0.3) is 0 Å². The zero-order valence-corrected chi connectivity index (χ0v) is 12.8. The summed E-state index contributed by atoms with van der Waals surface area (Å²) in [5.41, 5.74) is 0. The van der Waals surface area contributed by atoms with E-state index in [0.29, 0.717) is 11.5 Å². The predicted molar refractivity (Wildman–Crippen MR) is 75.5 cm³/mol. The molecule has 106 valence electrons. The van der Waals surface area contributed by atoms with Crippen LogP contribution in [-0.4, -0.2) is 55.9 Å². The third kappa shape index (κ3) is 5.29. The molecule has 18 heavy (non-hydrogen) atoms. The standard InChI is InChI=1S/C12H24N2O3S/c1-8(2)11(14(4)9(3)15)12(18)13-7-10(16-5)17-6/h8,10-11H,7H2,1-6H3,(H,13,18). The number of methoxy groups -OCH3 is 2. The van der Waals surface area contributed by atoms with Crippen molar-refractivity contribution >= 4 is 23.1 Å². The number of nitrogens with one attached hydrogen (secondary N) is 1. The van der Waals surface area contributed by atoms with Gasteiger partial charge in [0, 0.05) is 28.2 Å². The van der Waals surface area contributed by atoms with Crippen LogP contribution >= 0.6 is 12.2 Å². The Morgan fingerprint density at radius 3 is 2.17 bits per heavy atom. The van der Waals surface area contributed by atoms with E-state index in [9.17, 15) is 4.79 Å². The normalized spacial score (nSPS) is 12.7. The van der Waals surface area contributed by atoms with E-state index in [1.165, 1.54) is 6.92 Å². The molecule has 0 aliphatic heterocycles. The summed E-state index contributed by atoms with van der Waals surface area (Å²) in [7, 11) is 4.89. The van der Waals surface area contributed by atoms with Gasteiger partial charge in [0.15, 0.2) is 6.29 Å². The van der Waals surface area contributed by atoms with Crippen molar-refractivity contribution in [3.8, 4) is 0 Å². The maximum absolute atomic E-state index is 11.4. The van der Waals surface area contributed by atoms with Crippen molar-refractivity contribution in [3.05, 3.63) is 0 Å². The number of nitrogens with zero attached hydrogens (tertiary/aromatic N) is 1. The van der Waals surface area contributed by atoms with Crippen LogP contribution in [0.3, 0.4) is 0 Å². The minimum atomic E-state index is -0.349. The molecule has 0 heterocycles. The van der Waals surface area contributed by atoms with Crippen LogP contribution in [0.2, 0.25) is 0 Å². The summed E-state index contributed by atoms with van der Waals surface area (Å²) in [5, 5.41) is 3.09. The topological polar surface area (TPSA) is 50.8 Å². The van der Waals surface area contributed by atoms with Crippen LogP contribution in [0.15, 0.2) is 0 Å². The molecule has 0 saturated carbocycles. The van der Waals surface area contributed by atoms with Crippen molar-refractivity contribution < 1.29 is 14.3 Å². The lowest BCUT2D eigenvalue weighted by Crippen LogP contribution is -2.50. The monoisotopic (exact) mass is 276 g/mol. The van der Waals surface area contributed by atoms with E-state index in [1.807, 2.05) is 13.8 Å². The summed E-state index contributed by atoms with van der Waals surface area (Å²) in [4.78, 5) is 13.7. The van der Waals surface area contributed by atoms with E-state index in [1.54, 1.807) is 26.2 Å². The van der Waals surface area contributed by atoms with Gasteiger partial charge in [-0.2, -0.15) is 0 Å². The molecule has 0 aromatic rings. The third-order valence-electron chi connectivity index (χ3n) is 2.78. The molecular weight excluding hydrogens is 252 g/mol. The third-order valence-corrected chi connectivity index (χ3v) is 3.17. The van der Waals surface area contributed by atoms with Gasteiger partial charge in [-0.3, -0.25) is 4.79 Å². The second kappa shape index (κ2) is 8.39. The zero-order valence-electron chi connectivity index (χ0n) is 12.0. The Balaban J connectivity index is 4.54. The SMILES string of the molecule is COC(CNC(=S)C(C(C)C)N(C)C(C)=O)OC. The number of rotatable bonds is 7. The summed E-state index contributed by atoms with van der Waals surface area (Å²) >= 11 is 5.35. The quantitative estimate of drug-likeness (QED) is 0.556. The second-order valence-corrected chi connectivity index (χ2v) is 4.90. The minimum absolute atomic E-state index is 0.00659. The number of hydrogen-bond donors (Lipinski definition) is 1. The van der Waals surface area contributed by atoms with E-state index < -0.39 is 0 Å². The first-order chi connectivity index (χ1) is 8.34. The molecule has 0 aromatic carbocycles. The number of amides is 1.